The van der Waals surface area contributed by atoms with Crippen LogP contribution in [-0.2, 0) is 9.47 Å². The largest absolute Gasteiger partial charge is 0.378 e. The van der Waals surface area contributed by atoms with Crippen molar-refractivity contribution in [1.29, 1.82) is 0 Å². The molecule has 0 radical (unpaired) electrons. The second-order valence-corrected chi connectivity index (χ2v) is 3.75. The number of rotatable bonds is 6. The summed E-state index contributed by atoms with van der Waals surface area (Å²) in [6, 6.07) is 9.85. The van der Waals surface area contributed by atoms with Crippen molar-refractivity contribution in [3.8, 4) is 5.69 Å². The molecule has 1 N–H and O–H groups in total. The van der Waals surface area contributed by atoms with Crippen molar-refractivity contribution in [1.82, 2.24) is 9.78 Å². The van der Waals surface area contributed by atoms with Crippen molar-refractivity contribution in [2.75, 3.05) is 26.1 Å². The molecule has 0 aliphatic carbocycles. The van der Waals surface area contributed by atoms with Gasteiger partial charge in [-0.3, -0.25) is 0 Å². The van der Waals surface area contributed by atoms with Crippen molar-refractivity contribution in [3.05, 3.63) is 42.7 Å². The van der Waals surface area contributed by atoms with Crippen molar-refractivity contribution < 1.29 is 9.47 Å². The van der Waals surface area contributed by atoms with Crippen LogP contribution in [0.1, 0.15) is 0 Å². The average Bonchev–Trinajstić information content (AvgIpc) is 2.94. The van der Waals surface area contributed by atoms with E-state index in [4.69, 9.17) is 9.47 Å². The molecule has 0 fully saturated rings. The van der Waals surface area contributed by atoms with E-state index in [0.717, 1.165) is 11.4 Å². The van der Waals surface area contributed by atoms with Gasteiger partial charge in [-0.25, -0.2) is 4.68 Å². The number of methoxy groups -OCH3 is 2. The molecule has 1 heterocycles. The van der Waals surface area contributed by atoms with E-state index < -0.39 is 0 Å². The standard InChI is InChI=1S/C13H17N3O2/c1-17-13(18-2)10-14-11-6-3-4-7-12(11)16-9-5-8-15-16/h3-9,13-14H,10H2,1-2H3. The van der Waals surface area contributed by atoms with Gasteiger partial charge in [0.2, 0.25) is 0 Å². The van der Waals surface area contributed by atoms with Gasteiger partial charge >= 0.3 is 0 Å². The molecule has 0 saturated heterocycles. The van der Waals surface area contributed by atoms with Gasteiger partial charge in [0.1, 0.15) is 0 Å². The zero-order valence-corrected chi connectivity index (χ0v) is 10.5. The van der Waals surface area contributed by atoms with Crippen LogP contribution in [0, 0.1) is 0 Å². The number of para-hydroxylation sites is 2. The van der Waals surface area contributed by atoms with Crippen LogP contribution in [0.3, 0.4) is 0 Å². The van der Waals surface area contributed by atoms with Crippen molar-refractivity contribution in [2.45, 2.75) is 6.29 Å². The van der Waals surface area contributed by atoms with E-state index in [1.807, 2.05) is 41.2 Å². The Balaban J connectivity index is 2.13. The molecule has 0 aliphatic rings. The Morgan fingerprint density at radius 3 is 2.67 bits per heavy atom. The van der Waals surface area contributed by atoms with Crippen LogP contribution in [0.5, 0.6) is 0 Å². The number of nitrogens with zero attached hydrogens (tertiary/aromatic N) is 2. The number of hydrogen-bond acceptors (Lipinski definition) is 4. The van der Waals surface area contributed by atoms with Crippen LogP contribution >= 0.6 is 0 Å². The highest BCUT2D eigenvalue weighted by Crippen LogP contribution is 2.18. The maximum atomic E-state index is 5.14. The minimum Gasteiger partial charge on any atom is -0.378 e. The number of anilines is 1. The molecule has 18 heavy (non-hydrogen) atoms. The van der Waals surface area contributed by atoms with Crippen molar-refractivity contribution in [2.24, 2.45) is 0 Å². The van der Waals surface area contributed by atoms with Crippen molar-refractivity contribution in [3.63, 3.8) is 0 Å². The quantitative estimate of drug-likeness (QED) is 0.792. The molecule has 0 atom stereocenters. The lowest BCUT2D eigenvalue weighted by Gasteiger charge is -2.17. The summed E-state index contributed by atoms with van der Waals surface area (Å²) < 4.78 is 12.1. The second kappa shape index (κ2) is 6.18. The van der Waals surface area contributed by atoms with Gasteiger partial charge in [0.05, 0.1) is 17.9 Å². The normalized spacial score (nSPS) is 10.8. The Hall–Kier alpha value is -1.85. The molecule has 0 amide bonds. The van der Waals surface area contributed by atoms with Gasteiger partial charge in [-0.1, -0.05) is 12.1 Å². The van der Waals surface area contributed by atoms with Gasteiger partial charge in [0.15, 0.2) is 6.29 Å². The van der Waals surface area contributed by atoms with E-state index in [1.165, 1.54) is 0 Å². The lowest BCUT2D eigenvalue weighted by Crippen LogP contribution is -2.24. The summed E-state index contributed by atoms with van der Waals surface area (Å²) >= 11 is 0. The molecule has 2 aromatic rings. The first-order chi connectivity index (χ1) is 8.85. The molecule has 0 aliphatic heterocycles. The lowest BCUT2D eigenvalue weighted by atomic mass is 10.2. The van der Waals surface area contributed by atoms with Gasteiger partial charge in [-0.05, 0) is 18.2 Å². The van der Waals surface area contributed by atoms with E-state index >= 15 is 0 Å². The lowest BCUT2D eigenvalue weighted by molar-refractivity contribution is -0.0914. The molecule has 0 bridgehead atoms. The summed E-state index contributed by atoms with van der Waals surface area (Å²) in [4.78, 5) is 0. The van der Waals surface area contributed by atoms with Gasteiger partial charge in [-0.2, -0.15) is 5.10 Å². The van der Waals surface area contributed by atoms with E-state index in [1.54, 1.807) is 20.4 Å². The Labute approximate surface area is 106 Å². The van der Waals surface area contributed by atoms with E-state index in [-0.39, 0.29) is 6.29 Å². The van der Waals surface area contributed by atoms with Crippen molar-refractivity contribution >= 4 is 5.69 Å². The molecule has 96 valence electrons. The predicted molar refractivity (Wildman–Crippen MR) is 69.9 cm³/mol. The van der Waals surface area contributed by atoms with E-state index in [0.29, 0.717) is 6.54 Å². The van der Waals surface area contributed by atoms with Gasteiger partial charge < -0.3 is 14.8 Å². The van der Waals surface area contributed by atoms with Gasteiger partial charge in [-0.15, -0.1) is 0 Å². The first-order valence-corrected chi connectivity index (χ1v) is 5.73. The Morgan fingerprint density at radius 2 is 2.00 bits per heavy atom. The zero-order chi connectivity index (χ0) is 12.8. The molecule has 0 spiro atoms. The molecule has 1 aromatic heterocycles. The highest BCUT2D eigenvalue weighted by Gasteiger charge is 2.07. The smallest absolute Gasteiger partial charge is 0.173 e. The highest BCUT2D eigenvalue weighted by atomic mass is 16.7. The summed E-state index contributed by atoms with van der Waals surface area (Å²) in [5, 5.41) is 7.52. The number of hydrogen-bond donors (Lipinski definition) is 1. The molecule has 0 unspecified atom stereocenters. The fourth-order valence-corrected chi connectivity index (χ4v) is 1.69. The summed E-state index contributed by atoms with van der Waals surface area (Å²) in [5.41, 5.74) is 1.98. The summed E-state index contributed by atoms with van der Waals surface area (Å²) in [6.45, 7) is 0.575. The minimum absolute atomic E-state index is 0.268. The molecular formula is C13H17N3O2. The fourth-order valence-electron chi connectivity index (χ4n) is 1.69. The van der Waals surface area contributed by atoms with Gasteiger partial charge in [0, 0.05) is 26.6 Å². The third-order valence-corrected chi connectivity index (χ3v) is 2.64. The van der Waals surface area contributed by atoms with Crippen LogP contribution in [-0.4, -0.2) is 36.8 Å². The maximum absolute atomic E-state index is 5.14. The van der Waals surface area contributed by atoms with Gasteiger partial charge in [0.25, 0.3) is 0 Å². The fraction of sp³-hybridized carbons (Fsp3) is 0.308. The first-order valence-electron chi connectivity index (χ1n) is 5.73. The SMILES string of the molecule is COC(CNc1ccccc1-n1cccn1)OC. The molecular weight excluding hydrogens is 230 g/mol. The molecule has 5 heteroatoms. The highest BCUT2D eigenvalue weighted by molar-refractivity contribution is 5.60. The third-order valence-electron chi connectivity index (χ3n) is 2.64. The number of benzene rings is 1. The molecule has 1 aromatic carbocycles. The van der Waals surface area contributed by atoms with Crippen LogP contribution in [0.25, 0.3) is 5.69 Å². The molecule has 0 saturated carbocycles. The molecule has 2 rings (SSSR count). The van der Waals surface area contributed by atoms with Crippen LogP contribution < -0.4 is 5.32 Å². The number of nitrogens with one attached hydrogen (secondary N) is 1. The van der Waals surface area contributed by atoms with Crippen LogP contribution in [0.2, 0.25) is 0 Å². The van der Waals surface area contributed by atoms with E-state index in [2.05, 4.69) is 10.4 Å². The number of ether oxygens (including phenoxy) is 2. The Kier molecular flexibility index (Phi) is 4.33. The predicted octanol–water partition coefficient (Wildman–Crippen LogP) is 1.90. The third kappa shape index (κ3) is 2.88. The van der Waals surface area contributed by atoms with Crippen LogP contribution in [0.4, 0.5) is 5.69 Å². The van der Waals surface area contributed by atoms with Crippen LogP contribution in [0.15, 0.2) is 42.7 Å². The summed E-state index contributed by atoms with van der Waals surface area (Å²) in [5.74, 6) is 0. The minimum atomic E-state index is -0.268. The van der Waals surface area contributed by atoms with E-state index in [9.17, 15) is 0 Å². The first kappa shape index (κ1) is 12.6. The Morgan fingerprint density at radius 1 is 1.22 bits per heavy atom. The topological polar surface area (TPSA) is 48.3 Å². The Bertz CT molecular complexity index is 467. The second-order valence-electron chi connectivity index (χ2n) is 3.75. The monoisotopic (exact) mass is 247 g/mol. The number of aromatic nitrogens is 2. The summed E-state index contributed by atoms with van der Waals surface area (Å²) in [6.07, 6.45) is 3.39. The maximum Gasteiger partial charge on any atom is 0.173 e. The average molecular weight is 247 g/mol. The molecule has 5 nitrogen and oxygen atoms in total. The zero-order valence-electron chi connectivity index (χ0n) is 10.5. The summed E-state index contributed by atoms with van der Waals surface area (Å²) in [7, 11) is 3.24.